The summed E-state index contributed by atoms with van der Waals surface area (Å²) in [5, 5.41) is 0.859. The van der Waals surface area contributed by atoms with Gasteiger partial charge in [0.1, 0.15) is 29.6 Å². The Morgan fingerprint density at radius 2 is 1.79 bits per heavy atom. The molecule has 2 aliphatic rings. The number of benzene rings is 2. The van der Waals surface area contributed by atoms with Gasteiger partial charge in [-0.1, -0.05) is 6.07 Å². The fourth-order valence-corrected chi connectivity index (χ4v) is 5.08. The maximum atomic E-state index is 15.1. The van der Waals surface area contributed by atoms with Crippen LogP contribution >= 0.6 is 0 Å². The quantitative estimate of drug-likeness (QED) is 0.369. The van der Waals surface area contributed by atoms with Crippen LogP contribution in [0.25, 0.3) is 33.5 Å². The number of ether oxygens (including phenoxy) is 3. The number of nitrogens with one attached hydrogen (secondary N) is 1. The predicted octanol–water partition coefficient (Wildman–Crippen LogP) is 4.87. The Labute approximate surface area is 220 Å². The normalized spacial score (nSPS) is 16.9. The molecule has 0 atom stereocenters. The lowest BCUT2D eigenvalue weighted by Gasteiger charge is -2.29. The van der Waals surface area contributed by atoms with Gasteiger partial charge in [-0.15, -0.1) is 0 Å². The number of aromatic amines is 1. The van der Waals surface area contributed by atoms with Gasteiger partial charge in [0, 0.05) is 67.0 Å². The number of morpholine rings is 1. The van der Waals surface area contributed by atoms with E-state index in [-0.39, 0.29) is 11.9 Å². The molecule has 4 heterocycles. The Hall–Kier alpha value is -3.82. The first-order valence-electron chi connectivity index (χ1n) is 13.0. The van der Waals surface area contributed by atoms with Crippen LogP contribution in [-0.4, -0.2) is 73.8 Å². The number of H-pyrrole nitrogens is 1. The molecule has 9 heteroatoms. The Balaban J connectivity index is 1.32. The average molecular weight is 516 g/mol. The van der Waals surface area contributed by atoms with E-state index >= 15 is 4.39 Å². The average Bonchev–Trinajstić information content (AvgIpc) is 3.40. The minimum absolute atomic E-state index is 0.131. The minimum atomic E-state index is -0.252. The van der Waals surface area contributed by atoms with Crippen molar-refractivity contribution in [1.82, 2.24) is 15.0 Å². The van der Waals surface area contributed by atoms with Crippen LogP contribution < -0.4 is 9.64 Å². The molecule has 4 aromatic rings. The summed E-state index contributed by atoms with van der Waals surface area (Å²) in [5.41, 5.74) is 5.42. The second-order valence-corrected chi connectivity index (χ2v) is 9.50. The fraction of sp³-hybridized carbons (Fsp3) is 0.345. The van der Waals surface area contributed by atoms with Crippen molar-refractivity contribution in [3.63, 3.8) is 0 Å². The molecule has 2 aliphatic heterocycles. The van der Waals surface area contributed by atoms with Gasteiger partial charge < -0.3 is 24.1 Å². The molecule has 2 aromatic carbocycles. The number of aliphatic imine (C=N–C) groups is 1. The van der Waals surface area contributed by atoms with Gasteiger partial charge in [0.15, 0.2) is 0 Å². The molecule has 2 fully saturated rings. The van der Waals surface area contributed by atoms with Crippen LogP contribution in [0.1, 0.15) is 18.4 Å². The number of halogens is 1. The van der Waals surface area contributed by atoms with E-state index in [4.69, 9.17) is 14.2 Å². The maximum absolute atomic E-state index is 15.1. The highest BCUT2D eigenvalue weighted by molar-refractivity contribution is 5.96. The van der Waals surface area contributed by atoms with E-state index in [1.165, 1.54) is 0 Å². The predicted molar refractivity (Wildman–Crippen MR) is 146 cm³/mol. The summed E-state index contributed by atoms with van der Waals surface area (Å²) in [6.45, 7) is 4.03. The van der Waals surface area contributed by atoms with E-state index in [1.807, 2.05) is 41.3 Å². The molecule has 0 spiro atoms. The van der Waals surface area contributed by atoms with E-state index in [0.29, 0.717) is 50.9 Å². The van der Waals surface area contributed by atoms with Crippen molar-refractivity contribution in [2.24, 2.45) is 4.99 Å². The number of hydrogen-bond donors (Lipinski definition) is 1. The second kappa shape index (κ2) is 10.9. The highest BCUT2D eigenvalue weighted by atomic mass is 19.1. The lowest BCUT2D eigenvalue weighted by Crippen LogP contribution is -2.36. The van der Waals surface area contributed by atoms with Crippen molar-refractivity contribution < 1.29 is 18.6 Å². The molecule has 0 bridgehead atoms. The zero-order valence-corrected chi connectivity index (χ0v) is 21.3. The second-order valence-electron chi connectivity index (χ2n) is 9.50. The zero-order valence-electron chi connectivity index (χ0n) is 21.3. The van der Waals surface area contributed by atoms with Crippen molar-refractivity contribution in [1.29, 1.82) is 0 Å². The number of fused-ring (bicyclic) bond motifs is 1. The van der Waals surface area contributed by atoms with E-state index < -0.39 is 0 Å². The van der Waals surface area contributed by atoms with E-state index in [9.17, 15) is 0 Å². The molecule has 0 unspecified atom stereocenters. The molecular weight excluding hydrogens is 485 g/mol. The maximum Gasteiger partial charge on any atom is 0.147 e. The first kappa shape index (κ1) is 24.5. The fourth-order valence-electron chi connectivity index (χ4n) is 5.08. The summed E-state index contributed by atoms with van der Waals surface area (Å²) in [7, 11) is 1.75. The van der Waals surface area contributed by atoms with Gasteiger partial charge in [-0.05, 0) is 36.4 Å². The first-order valence-corrected chi connectivity index (χ1v) is 13.0. The summed E-state index contributed by atoms with van der Waals surface area (Å²) in [6.07, 6.45) is 5.22. The highest BCUT2D eigenvalue weighted by Gasteiger charge is 2.19. The Kier molecular flexibility index (Phi) is 7.02. The molecule has 8 nitrogen and oxygen atoms in total. The van der Waals surface area contributed by atoms with Crippen LogP contribution in [-0.2, 0) is 9.47 Å². The van der Waals surface area contributed by atoms with Crippen molar-refractivity contribution in [3.05, 3.63) is 60.2 Å². The summed E-state index contributed by atoms with van der Waals surface area (Å²) >= 11 is 0. The summed E-state index contributed by atoms with van der Waals surface area (Å²) < 4.78 is 32.2. The standard InChI is InChI=1S/C29H30FN5O3/c1-31-17-21-14-20(3-5-27(21)38-22-6-10-36-11-7-22)28-23-16-25(34-29(23)33-18-32-28)19-2-4-26(24(30)15-19)35-8-12-37-13-9-35/h2-5,14-18,22H,6-13H2,1H3,(H,32,33,34)/b31-17-. The van der Waals surface area contributed by atoms with Gasteiger partial charge in [0.05, 0.1) is 37.8 Å². The van der Waals surface area contributed by atoms with Crippen LogP contribution in [0.5, 0.6) is 5.75 Å². The number of aromatic nitrogens is 3. The van der Waals surface area contributed by atoms with E-state index in [1.54, 1.807) is 25.7 Å². The monoisotopic (exact) mass is 515 g/mol. The van der Waals surface area contributed by atoms with Gasteiger partial charge in [-0.25, -0.2) is 14.4 Å². The topological polar surface area (TPSA) is 84.9 Å². The Morgan fingerprint density at radius 3 is 2.58 bits per heavy atom. The van der Waals surface area contributed by atoms with Crippen molar-refractivity contribution in [2.45, 2.75) is 18.9 Å². The summed E-state index contributed by atoms with van der Waals surface area (Å²) in [4.78, 5) is 18.6. The van der Waals surface area contributed by atoms with Crippen LogP contribution in [0.15, 0.2) is 53.8 Å². The molecular formula is C29H30FN5O3. The minimum Gasteiger partial charge on any atom is -0.490 e. The molecule has 38 heavy (non-hydrogen) atoms. The van der Waals surface area contributed by atoms with Crippen LogP contribution in [0, 0.1) is 5.82 Å². The number of rotatable bonds is 6. The lowest BCUT2D eigenvalue weighted by molar-refractivity contribution is 0.0255. The molecule has 0 amide bonds. The van der Waals surface area contributed by atoms with E-state index in [2.05, 4.69) is 19.9 Å². The molecule has 0 radical (unpaired) electrons. The molecule has 0 saturated carbocycles. The van der Waals surface area contributed by atoms with Gasteiger partial charge >= 0.3 is 0 Å². The number of hydrogen-bond acceptors (Lipinski definition) is 7. The van der Waals surface area contributed by atoms with Crippen molar-refractivity contribution in [2.75, 3.05) is 51.5 Å². The van der Waals surface area contributed by atoms with Crippen LogP contribution in [0.2, 0.25) is 0 Å². The third-order valence-electron chi connectivity index (χ3n) is 7.05. The molecule has 0 aliphatic carbocycles. The number of nitrogens with zero attached hydrogens (tertiary/aromatic N) is 4. The molecule has 196 valence electrons. The first-order chi connectivity index (χ1) is 18.7. The van der Waals surface area contributed by atoms with Gasteiger partial charge in [0.2, 0.25) is 0 Å². The van der Waals surface area contributed by atoms with Crippen LogP contribution in [0.3, 0.4) is 0 Å². The molecule has 6 rings (SSSR count). The van der Waals surface area contributed by atoms with Crippen molar-refractivity contribution >= 4 is 22.9 Å². The molecule has 2 saturated heterocycles. The van der Waals surface area contributed by atoms with Crippen LogP contribution in [0.4, 0.5) is 10.1 Å². The van der Waals surface area contributed by atoms with Gasteiger partial charge in [-0.2, -0.15) is 0 Å². The van der Waals surface area contributed by atoms with E-state index in [0.717, 1.165) is 52.1 Å². The molecule has 2 aromatic heterocycles. The summed E-state index contributed by atoms with van der Waals surface area (Å²) in [5.74, 6) is 0.542. The Bertz CT molecular complexity index is 1460. The van der Waals surface area contributed by atoms with Gasteiger partial charge in [0.25, 0.3) is 0 Å². The third kappa shape index (κ3) is 4.99. The zero-order chi connectivity index (χ0) is 25.9. The Morgan fingerprint density at radius 1 is 1.00 bits per heavy atom. The third-order valence-corrected chi connectivity index (χ3v) is 7.05. The largest absolute Gasteiger partial charge is 0.490 e. The van der Waals surface area contributed by atoms with Gasteiger partial charge in [-0.3, -0.25) is 4.99 Å². The smallest absolute Gasteiger partial charge is 0.147 e. The highest BCUT2D eigenvalue weighted by Crippen LogP contribution is 2.34. The molecule has 1 N–H and O–H groups in total. The SMILES string of the molecule is C/N=C\c1cc(-c2ncnc3[nH]c(-c4ccc(N5CCOCC5)c(F)c4)cc23)ccc1OC1CCOCC1. The lowest BCUT2D eigenvalue weighted by atomic mass is 10.0. The number of anilines is 1. The summed E-state index contributed by atoms with van der Waals surface area (Å²) in [6, 6.07) is 13.3. The van der Waals surface area contributed by atoms with Crippen molar-refractivity contribution in [3.8, 4) is 28.3 Å².